The number of likely N-dealkylation sites (tertiary alicyclic amines) is 1. The van der Waals surface area contributed by atoms with E-state index in [1.54, 1.807) is 0 Å². The molecule has 1 amide bonds. The van der Waals surface area contributed by atoms with Gasteiger partial charge in [0, 0.05) is 36.5 Å². The molecule has 0 aliphatic carbocycles. The molecule has 3 rings (SSSR count). The van der Waals surface area contributed by atoms with Gasteiger partial charge in [-0.05, 0) is 69.6 Å². The summed E-state index contributed by atoms with van der Waals surface area (Å²) >= 11 is 0. The van der Waals surface area contributed by atoms with Crippen molar-refractivity contribution in [2.75, 3.05) is 13.1 Å². The van der Waals surface area contributed by atoms with Gasteiger partial charge in [-0.25, -0.2) is 9.79 Å². The summed E-state index contributed by atoms with van der Waals surface area (Å²) in [5.74, 6) is 1.23. The Morgan fingerprint density at radius 1 is 1.48 bits per heavy atom. The summed E-state index contributed by atoms with van der Waals surface area (Å²) in [5.41, 5.74) is 9.58. The summed E-state index contributed by atoms with van der Waals surface area (Å²) in [4.78, 5) is 22.8. The van der Waals surface area contributed by atoms with Crippen molar-refractivity contribution in [2.24, 2.45) is 16.6 Å². The second kappa shape index (κ2) is 8.65. The predicted octanol–water partition coefficient (Wildman–Crippen LogP) is 5.16. The van der Waals surface area contributed by atoms with Gasteiger partial charge in [0.05, 0.1) is 6.04 Å². The van der Waals surface area contributed by atoms with Gasteiger partial charge in [0.2, 0.25) is 0 Å². The largest absolute Gasteiger partial charge is 0.444 e. The third-order valence-corrected chi connectivity index (χ3v) is 6.65. The van der Waals surface area contributed by atoms with E-state index in [0.29, 0.717) is 19.0 Å². The Bertz CT molecular complexity index is 905. The van der Waals surface area contributed by atoms with Gasteiger partial charge in [-0.2, -0.15) is 0 Å². The minimum Gasteiger partial charge on any atom is -0.444 e. The summed E-state index contributed by atoms with van der Waals surface area (Å²) in [6.07, 6.45) is 8.75. The molecule has 31 heavy (non-hydrogen) atoms. The number of aliphatic imine (C=N–C) groups is 1. The standard InChI is InChI=1S/C25H38N4O2/c1-16(14-26)19(20-9-8-12-29(20)23(30)31-24(4,5)6)13-25(7)18(3)10-11-27-22-21(25)17(2)15-28-22/h11,13,15,18,20,28H,1,8-10,12,14,26H2,2-7H3/b19-13+/t18-,20+,25?/m1/s1. The zero-order valence-corrected chi connectivity index (χ0v) is 19.9. The van der Waals surface area contributed by atoms with Crippen molar-refractivity contribution < 1.29 is 9.53 Å². The van der Waals surface area contributed by atoms with Gasteiger partial charge in [-0.1, -0.05) is 26.5 Å². The maximum absolute atomic E-state index is 13.0. The van der Waals surface area contributed by atoms with Crippen molar-refractivity contribution in [2.45, 2.75) is 77.9 Å². The van der Waals surface area contributed by atoms with Crippen molar-refractivity contribution >= 4 is 18.1 Å². The minimum absolute atomic E-state index is 0.0817. The van der Waals surface area contributed by atoms with Crippen LogP contribution in [0.2, 0.25) is 0 Å². The number of nitrogens with zero attached hydrogens (tertiary/aromatic N) is 2. The van der Waals surface area contributed by atoms with E-state index in [-0.39, 0.29) is 17.6 Å². The van der Waals surface area contributed by atoms with E-state index in [0.717, 1.165) is 36.2 Å². The number of nitrogens with one attached hydrogen (secondary N) is 1. The van der Waals surface area contributed by atoms with Crippen LogP contribution in [0.15, 0.2) is 35.0 Å². The fourth-order valence-electron chi connectivity index (χ4n) is 4.80. The number of aryl methyl sites for hydroxylation is 1. The number of carbonyl (C=O) groups is 1. The number of hydrogen-bond acceptors (Lipinski definition) is 4. The van der Waals surface area contributed by atoms with Crippen molar-refractivity contribution in [3.8, 4) is 0 Å². The molecule has 3 N–H and O–H groups in total. The highest BCUT2D eigenvalue weighted by molar-refractivity contribution is 5.71. The van der Waals surface area contributed by atoms with Gasteiger partial charge >= 0.3 is 6.09 Å². The van der Waals surface area contributed by atoms with E-state index < -0.39 is 5.60 Å². The van der Waals surface area contributed by atoms with Gasteiger partial charge < -0.3 is 20.4 Å². The highest BCUT2D eigenvalue weighted by Crippen LogP contribution is 2.45. The lowest BCUT2D eigenvalue weighted by Gasteiger charge is -2.36. The maximum Gasteiger partial charge on any atom is 0.410 e. The van der Waals surface area contributed by atoms with E-state index in [9.17, 15) is 4.79 Å². The van der Waals surface area contributed by atoms with Crippen molar-refractivity contribution in [3.05, 3.63) is 41.1 Å². The topological polar surface area (TPSA) is 83.7 Å². The van der Waals surface area contributed by atoms with Crippen LogP contribution in [0.25, 0.3) is 0 Å². The first-order valence-electron chi connectivity index (χ1n) is 11.3. The number of rotatable bonds is 4. The molecule has 2 aliphatic heterocycles. The molecule has 2 aliphatic rings. The Morgan fingerprint density at radius 3 is 2.84 bits per heavy atom. The normalized spacial score (nSPS) is 26.5. The second-order valence-corrected chi connectivity index (χ2v) is 10.2. The van der Waals surface area contributed by atoms with Crippen LogP contribution >= 0.6 is 0 Å². The molecule has 1 unspecified atom stereocenters. The molecule has 3 atom stereocenters. The molecule has 0 spiro atoms. The lowest BCUT2D eigenvalue weighted by molar-refractivity contribution is 0.0249. The first-order valence-corrected chi connectivity index (χ1v) is 11.3. The van der Waals surface area contributed by atoms with Gasteiger partial charge in [0.1, 0.15) is 11.4 Å². The molecule has 0 radical (unpaired) electrons. The number of carbonyl (C=O) groups excluding carboxylic acids is 1. The smallest absolute Gasteiger partial charge is 0.410 e. The number of hydrogen-bond donors (Lipinski definition) is 2. The van der Waals surface area contributed by atoms with Crippen LogP contribution < -0.4 is 5.73 Å². The van der Waals surface area contributed by atoms with Crippen LogP contribution in [0.3, 0.4) is 0 Å². The van der Waals surface area contributed by atoms with Crippen LogP contribution in [0.5, 0.6) is 0 Å². The van der Waals surface area contributed by atoms with E-state index in [4.69, 9.17) is 10.5 Å². The highest BCUT2D eigenvalue weighted by atomic mass is 16.6. The molecule has 0 bridgehead atoms. The molecular weight excluding hydrogens is 388 g/mol. The first-order chi connectivity index (χ1) is 14.5. The number of aromatic nitrogens is 1. The summed E-state index contributed by atoms with van der Waals surface area (Å²) in [6.45, 7) is 17.7. The molecule has 3 heterocycles. The van der Waals surface area contributed by atoms with E-state index in [2.05, 4.69) is 43.4 Å². The number of aromatic amines is 1. The molecule has 6 nitrogen and oxygen atoms in total. The summed E-state index contributed by atoms with van der Waals surface area (Å²) in [6, 6.07) is -0.0817. The maximum atomic E-state index is 13.0. The third kappa shape index (κ3) is 4.64. The molecule has 6 heteroatoms. The third-order valence-electron chi connectivity index (χ3n) is 6.65. The molecule has 1 aromatic heterocycles. The monoisotopic (exact) mass is 426 g/mol. The Kier molecular flexibility index (Phi) is 6.51. The number of ether oxygens (including phenoxy) is 1. The number of fused-ring (bicyclic) bond motifs is 1. The SMILES string of the molecule is C=C(CN)/C(=C\C1(C)c2c(C)c[nH]c2N=CC[C@H]1C)[C@@H]1CCCN1C(=O)OC(C)(C)C. The second-order valence-electron chi connectivity index (χ2n) is 10.2. The molecule has 1 fully saturated rings. The van der Waals surface area contributed by atoms with Gasteiger partial charge in [0.15, 0.2) is 0 Å². The Labute approximate surface area is 186 Å². The number of H-pyrrole nitrogens is 1. The predicted molar refractivity (Wildman–Crippen MR) is 127 cm³/mol. The first kappa shape index (κ1) is 23.3. The Balaban J connectivity index is 2.08. The van der Waals surface area contributed by atoms with Crippen LogP contribution in [0.1, 0.15) is 65.0 Å². The average molecular weight is 427 g/mol. The van der Waals surface area contributed by atoms with E-state index in [1.165, 1.54) is 11.1 Å². The molecule has 1 saturated heterocycles. The summed E-state index contributed by atoms with van der Waals surface area (Å²) in [5, 5.41) is 0. The van der Waals surface area contributed by atoms with E-state index >= 15 is 0 Å². The number of amides is 1. The van der Waals surface area contributed by atoms with Gasteiger partial charge in [-0.3, -0.25) is 0 Å². The van der Waals surface area contributed by atoms with Crippen molar-refractivity contribution in [3.63, 3.8) is 0 Å². The Morgan fingerprint density at radius 2 is 2.19 bits per heavy atom. The quantitative estimate of drug-likeness (QED) is 0.652. The van der Waals surface area contributed by atoms with E-state index in [1.807, 2.05) is 38.1 Å². The van der Waals surface area contributed by atoms with Crippen LogP contribution in [0.4, 0.5) is 10.6 Å². The average Bonchev–Trinajstić information content (AvgIpc) is 3.28. The molecule has 170 valence electrons. The number of allylic oxidation sites excluding steroid dienone is 1. The van der Waals surface area contributed by atoms with Crippen molar-refractivity contribution in [1.82, 2.24) is 9.88 Å². The molecular formula is C25H38N4O2. The number of nitrogens with two attached hydrogens (primary N) is 1. The van der Waals surface area contributed by atoms with Crippen LogP contribution in [-0.2, 0) is 10.2 Å². The zero-order valence-electron chi connectivity index (χ0n) is 19.9. The van der Waals surface area contributed by atoms with Gasteiger partial charge in [-0.15, -0.1) is 0 Å². The Hall–Kier alpha value is -2.34. The van der Waals surface area contributed by atoms with Crippen LogP contribution in [0, 0.1) is 12.8 Å². The van der Waals surface area contributed by atoms with Crippen LogP contribution in [-0.4, -0.2) is 46.9 Å². The summed E-state index contributed by atoms with van der Waals surface area (Å²) in [7, 11) is 0. The fraction of sp³-hybridized carbons (Fsp3) is 0.600. The summed E-state index contributed by atoms with van der Waals surface area (Å²) < 4.78 is 5.71. The van der Waals surface area contributed by atoms with Crippen molar-refractivity contribution in [1.29, 1.82) is 0 Å². The fourth-order valence-corrected chi connectivity index (χ4v) is 4.80. The van der Waals surface area contributed by atoms with Gasteiger partial charge in [0.25, 0.3) is 0 Å². The highest BCUT2D eigenvalue weighted by Gasteiger charge is 2.40. The molecule has 0 saturated carbocycles. The lowest BCUT2D eigenvalue weighted by Crippen LogP contribution is -2.42. The minimum atomic E-state index is -0.533. The molecule has 1 aromatic rings. The lowest BCUT2D eigenvalue weighted by atomic mass is 9.69. The zero-order chi connectivity index (χ0) is 23.0. The molecule has 0 aromatic carbocycles.